The maximum atomic E-state index is 11.5. The molecule has 4 aromatic rings. The van der Waals surface area contributed by atoms with Crippen LogP contribution in [0.4, 0.5) is 11.5 Å². The van der Waals surface area contributed by atoms with Gasteiger partial charge in [0.15, 0.2) is 5.82 Å². The van der Waals surface area contributed by atoms with Crippen LogP contribution in [0.5, 0.6) is 0 Å². The van der Waals surface area contributed by atoms with Crippen LogP contribution < -0.4 is 5.32 Å². The van der Waals surface area contributed by atoms with Crippen molar-refractivity contribution in [1.29, 1.82) is 0 Å². The Morgan fingerprint density at radius 1 is 1.22 bits per heavy atom. The normalized spacial score (nSPS) is 11.8. The Morgan fingerprint density at radius 3 is 2.94 bits per heavy atom. The highest BCUT2D eigenvalue weighted by Crippen LogP contribution is 2.27. The van der Waals surface area contributed by atoms with Crippen molar-refractivity contribution in [3.63, 3.8) is 0 Å². The molecule has 2 N–H and O–H groups in total. The number of nitrogens with zero attached hydrogens (tertiary/aromatic N) is 3. The zero-order chi connectivity index (χ0) is 22.3. The van der Waals surface area contributed by atoms with E-state index in [1.807, 2.05) is 49.4 Å². The van der Waals surface area contributed by atoms with E-state index in [-0.39, 0.29) is 5.97 Å². The van der Waals surface area contributed by atoms with Crippen LogP contribution in [0, 0.1) is 0 Å². The van der Waals surface area contributed by atoms with Gasteiger partial charge in [-0.05, 0) is 48.9 Å². The molecule has 4 rings (SSSR count). The zero-order valence-corrected chi connectivity index (χ0v) is 17.7. The van der Waals surface area contributed by atoms with Crippen LogP contribution in [-0.2, 0) is 9.53 Å². The number of aromatic amines is 1. The molecule has 0 radical (unpaired) electrons. The highest BCUT2D eigenvalue weighted by atomic mass is 16.5. The third-order valence-corrected chi connectivity index (χ3v) is 4.79. The Kier molecular flexibility index (Phi) is 6.36. The third kappa shape index (κ3) is 4.73. The molecule has 0 unspecified atom stereocenters. The van der Waals surface area contributed by atoms with E-state index < -0.39 is 0 Å². The van der Waals surface area contributed by atoms with Crippen LogP contribution in [0.15, 0.2) is 79.7 Å². The number of esters is 1. The van der Waals surface area contributed by atoms with Gasteiger partial charge in [-0.25, -0.2) is 9.97 Å². The summed E-state index contributed by atoms with van der Waals surface area (Å²) in [6.07, 6.45) is 9.35. The SMILES string of the molecule is C=C/C(=C\C=C/OC(=O)CCC)c1nc(Nc2ccc3[nH]ncc3c2)c2ccccc2n1. The van der Waals surface area contributed by atoms with Gasteiger partial charge < -0.3 is 10.1 Å². The van der Waals surface area contributed by atoms with Gasteiger partial charge in [-0.3, -0.25) is 9.89 Å². The summed E-state index contributed by atoms with van der Waals surface area (Å²) in [6, 6.07) is 13.7. The van der Waals surface area contributed by atoms with Gasteiger partial charge >= 0.3 is 5.97 Å². The fraction of sp³-hybridized carbons (Fsp3) is 0.120. The summed E-state index contributed by atoms with van der Waals surface area (Å²) in [7, 11) is 0. The smallest absolute Gasteiger partial charge is 0.310 e. The van der Waals surface area contributed by atoms with E-state index in [2.05, 4.69) is 27.1 Å². The number of fused-ring (bicyclic) bond motifs is 2. The molecule has 0 bridgehead atoms. The Bertz CT molecular complexity index is 1340. The number of anilines is 2. The number of aromatic nitrogens is 4. The molecule has 7 heteroatoms. The summed E-state index contributed by atoms with van der Waals surface area (Å²) in [4.78, 5) is 20.9. The lowest BCUT2D eigenvalue weighted by molar-refractivity contribution is -0.138. The lowest BCUT2D eigenvalue weighted by Gasteiger charge is -2.11. The summed E-state index contributed by atoms with van der Waals surface area (Å²) in [5.74, 6) is 0.926. The van der Waals surface area contributed by atoms with Crippen LogP contribution >= 0.6 is 0 Å². The first-order valence-corrected chi connectivity index (χ1v) is 10.3. The first-order valence-electron chi connectivity index (χ1n) is 10.3. The second-order valence-corrected chi connectivity index (χ2v) is 7.10. The molecule has 0 aliphatic rings. The van der Waals surface area contributed by atoms with Crippen LogP contribution in [-0.4, -0.2) is 26.1 Å². The number of nitrogens with one attached hydrogen (secondary N) is 2. The van der Waals surface area contributed by atoms with Gasteiger partial charge in [0, 0.05) is 28.5 Å². The molecule has 32 heavy (non-hydrogen) atoms. The standard InChI is InChI=1S/C25H23N5O2/c1-3-8-23(31)32-14-7-9-17(4-2)24-28-22-11-6-5-10-20(22)25(29-24)27-19-12-13-21-18(15-19)16-26-30-21/h4-7,9-16H,2-3,8H2,1H3,(H,26,30)(H,27,28,29)/b14-7-,17-9+. The number of allylic oxidation sites excluding steroid dienone is 4. The quantitative estimate of drug-likeness (QED) is 0.214. The average molecular weight is 425 g/mol. The third-order valence-electron chi connectivity index (χ3n) is 4.79. The van der Waals surface area contributed by atoms with Crippen molar-refractivity contribution >= 4 is 44.9 Å². The monoisotopic (exact) mass is 425 g/mol. The van der Waals surface area contributed by atoms with E-state index in [1.54, 1.807) is 24.4 Å². The van der Waals surface area contributed by atoms with Crippen molar-refractivity contribution in [2.45, 2.75) is 19.8 Å². The van der Waals surface area contributed by atoms with E-state index in [0.29, 0.717) is 23.6 Å². The maximum absolute atomic E-state index is 11.5. The van der Waals surface area contributed by atoms with Crippen molar-refractivity contribution in [2.75, 3.05) is 5.32 Å². The fourth-order valence-corrected chi connectivity index (χ4v) is 3.21. The molecular formula is C25H23N5O2. The number of para-hydroxylation sites is 1. The molecule has 2 aromatic carbocycles. The van der Waals surface area contributed by atoms with Crippen LogP contribution in [0.25, 0.3) is 27.4 Å². The zero-order valence-electron chi connectivity index (χ0n) is 17.7. The summed E-state index contributed by atoms with van der Waals surface area (Å²) in [6.45, 7) is 5.81. The van der Waals surface area contributed by atoms with Gasteiger partial charge in [-0.15, -0.1) is 0 Å². The summed E-state index contributed by atoms with van der Waals surface area (Å²) < 4.78 is 5.06. The van der Waals surface area contributed by atoms with Gasteiger partial charge in [0.25, 0.3) is 0 Å². The molecule has 0 atom stereocenters. The van der Waals surface area contributed by atoms with E-state index in [1.165, 1.54) is 6.26 Å². The fourth-order valence-electron chi connectivity index (χ4n) is 3.21. The minimum Gasteiger partial charge on any atom is -0.434 e. The summed E-state index contributed by atoms with van der Waals surface area (Å²) >= 11 is 0. The number of benzene rings is 2. The van der Waals surface area contributed by atoms with Crippen LogP contribution in [0.1, 0.15) is 25.6 Å². The number of hydrogen-bond acceptors (Lipinski definition) is 6. The summed E-state index contributed by atoms with van der Waals surface area (Å²) in [5, 5.41) is 12.3. The second-order valence-electron chi connectivity index (χ2n) is 7.10. The number of H-pyrrole nitrogens is 1. The minimum absolute atomic E-state index is 0.264. The lowest BCUT2D eigenvalue weighted by atomic mass is 10.1. The predicted octanol–water partition coefficient (Wildman–Crippen LogP) is 5.68. The van der Waals surface area contributed by atoms with Crippen LogP contribution in [0.3, 0.4) is 0 Å². The van der Waals surface area contributed by atoms with Crippen molar-refractivity contribution in [2.24, 2.45) is 0 Å². The Labute approximate surface area is 185 Å². The molecule has 2 heterocycles. The van der Waals surface area contributed by atoms with Gasteiger partial charge in [-0.2, -0.15) is 5.10 Å². The average Bonchev–Trinajstić information content (AvgIpc) is 3.27. The molecule has 160 valence electrons. The molecule has 0 saturated carbocycles. The largest absolute Gasteiger partial charge is 0.434 e. The lowest BCUT2D eigenvalue weighted by Crippen LogP contribution is -2.01. The number of ether oxygens (including phenoxy) is 1. The van der Waals surface area contributed by atoms with Crippen molar-refractivity contribution in [3.8, 4) is 0 Å². The van der Waals surface area contributed by atoms with E-state index >= 15 is 0 Å². The van der Waals surface area contributed by atoms with E-state index in [0.717, 1.165) is 33.9 Å². The first kappa shape index (κ1) is 21.0. The molecular weight excluding hydrogens is 402 g/mol. The van der Waals surface area contributed by atoms with Gasteiger partial charge in [0.2, 0.25) is 0 Å². The molecule has 0 aliphatic heterocycles. The number of carbonyl (C=O) groups is 1. The molecule has 0 saturated heterocycles. The molecule has 0 fully saturated rings. The predicted molar refractivity (Wildman–Crippen MR) is 127 cm³/mol. The van der Waals surface area contributed by atoms with E-state index in [4.69, 9.17) is 9.72 Å². The number of hydrogen-bond donors (Lipinski definition) is 2. The maximum Gasteiger partial charge on any atom is 0.310 e. The van der Waals surface area contributed by atoms with Crippen molar-refractivity contribution < 1.29 is 9.53 Å². The number of carbonyl (C=O) groups excluding carboxylic acids is 1. The minimum atomic E-state index is -0.264. The topological polar surface area (TPSA) is 92.8 Å². The first-order chi connectivity index (χ1) is 15.7. The molecule has 7 nitrogen and oxygen atoms in total. The summed E-state index contributed by atoms with van der Waals surface area (Å²) in [5.41, 5.74) is 3.36. The van der Waals surface area contributed by atoms with Crippen molar-refractivity contribution in [3.05, 3.63) is 85.6 Å². The van der Waals surface area contributed by atoms with Crippen LogP contribution in [0.2, 0.25) is 0 Å². The van der Waals surface area contributed by atoms with Crippen molar-refractivity contribution in [1.82, 2.24) is 20.2 Å². The highest BCUT2D eigenvalue weighted by Gasteiger charge is 2.10. The van der Waals surface area contributed by atoms with Gasteiger partial charge in [0.05, 0.1) is 23.5 Å². The molecule has 0 spiro atoms. The highest BCUT2D eigenvalue weighted by molar-refractivity contribution is 5.93. The Morgan fingerprint density at radius 2 is 2.09 bits per heavy atom. The van der Waals surface area contributed by atoms with Gasteiger partial charge in [-0.1, -0.05) is 31.7 Å². The van der Waals surface area contributed by atoms with Gasteiger partial charge in [0.1, 0.15) is 5.82 Å². The second kappa shape index (κ2) is 9.70. The number of rotatable bonds is 8. The molecule has 2 aromatic heterocycles. The molecule has 0 aliphatic carbocycles. The van der Waals surface area contributed by atoms with E-state index in [9.17, 15) is 4.79 Å². The Balaban J connectivity index is 1.67. The Hall–Kier alpha value is -4.26. The molecule has 0 amide bonds.